The van der Waals surface area contributed by atoms with Crippen LogP contribution in [-0.2, 0) is 13.0 Å². The van der Waals surface area contributed by atoms with Gasteiger partial charge in [0.05, 0.1) is 12.3 Å². The van der Waals surface area contributed by atoms with E-state index in [1.54, 1.807) is 11.3 Å². The minimum Gasteiger partial charge on any atom is -0.493 e. The molecule has 0 saturated heterocycles. The van der Waals surface area contributed by atoms with Crippen molar-refractivity contribution in [3.63, 3.8) is 0 Å². The Bertz CT molecular complexity index is 537. The van der Waals surface area contributed by atoms with Crippen LogP contribution < -0.4 is 10.5 Å². The highest BCUT2D eigenvalue weighted by atomic mass is 32.1. The average molecular weight is 276 g/mol. The molecule has 1 aromatic carbocycles. The SMILES string of the molecule is CCCc1ccc(OCC)c(-c2csc(CN)n2)c1. The predicted octanol–water partition coefficient (Wildman–Crippen LogP) is 3.62. The van der Waals surface area contributed by atoms with Gasteiger partial charge >= 0.3 is 0 Å². The van der Waals surface area contributed by atoms with Crippen molar-refractivity contribution in [2.75, 3.05) is 6.61 Å². The van der Waals surface area contributed by atoms with Gasteiger partial charge in [0, 0.05) is 17.5 Å². The first-order valence-corrected chi connectivity index (χ1v) is 7.57. The Hall–Kier alpha value is -1.39. The summed E-state index contributed by atoms with van der Waals surface area (Å²) in [7, 11) is 0. The number of rotatable bonds is 6. The molecule has 0 spiro atoms. The van der Waals surface area contributed by atoms with Gasteiger partial charge in [-0.15, -0.1) is 11.3 Å². The molecule has 0 fully saturated rings. The molecule has 2 N–H and O–H groups in total. The highest BCUT2D eigenvalue weighted by Gasteiger charge is 2.11. The van der Waals surface area contributed by atoms with Crippen molar-refractivity contribution in [2.24, 2.45) is 5.73 Å². The first-order valence-electron chi connectivity index (χ1n) is 6.69. The van der Waals surface area contributed by atoms with Gasteiger partial charge in [0.25, 0.3) is 0 Å². The Balaban J connectivity index is 2.41. The lowest BCUT2D eigenvalue weighted by molar-refractivity contribution is 0.341. The fourth-order valence-electron chi connectivity index (χ4n) is 2.03. The Morgan fingerprint density at radius 1 is 1.32 bits per heavy atom. The number of aryl methyl sites for hydroxylation is 1. The third-order valence-electron chi connectivity index (χ3n) is 2.88. The number of benzene rings is 1. The van der Waals surface area contributed by atoms with Gasteiger partial charge in [0.1, 0.15) is 10.8 Å². The van der Waals surface area contributed by atoms with Gasteiger partial charge in [0.2, 0.25) is 0 Å². The van der Waals surface area contributed by atoms with E-state index in [-0.39, 0.29) is 0 Å². The molecular formula is C15H20N2OS. The number of hydrogen-bond acceptors (Lipinski definition) is 4. The Kier molecular flexibility index (Phi) is 4.93. The van der Waals surface area contributed by atoms with Gasteiger partial charge in [-0.1, -0.05) is 19.4 Å². The van der Waals surface area contributed by atoms with E-state index in [0.29, 0.717) is 13.2 Å². The molecule has 0 aliphatic rings. The minimum atomic E-state index is 0.489. The topological polar surface area (TPSA) is 48.1 Å². The summed E-state index contributed by atoms with van der Waals surface area (Å²) in [6.07, 6.45) is 2.21. The second kappa shape index (κ2) is 6.68. The van der Waals surface area contributed by atoms with Crippen molar-refractivity contribution in [1.29, 1.82) is 0 Å². The van der Waals surface area contributed by atoms with Crippen LogP contribution in [0.3, 0.4) is 0 Å². The molecule has 2 rings (SSSR count). The van der Waals surface area contributed by atoms with Crippen LogP contribution in [0.4, 0.5) is 0 Å². The molecule has 0 aliphatic carbocycles. The van der Waals surface area contributed by atoms with Crippen LogP contribution in [0.15, 0.2) is 23.6 Å². The van der Waals surface area contributed by atoms with Crippen LogP contribution in [0.2, 0.25) is 0 Å². The summed E-state index contributed by atoms with van der Waals surface area (Å²) >= 11 is 1.60. The third-order valence-corrected chi connectivity index (χ3v) is 3.76. The molecule has 0 saturated carbocycles. The molecule has 0 atom stereocenters. The number of thiazole rings is 1. The molecular weight excluding hydrogens is 256 g/mol. The summed E-state index contributed by atoms with van der Waals surface area (Å²) in [5.41, 5.74) is 8.99. The second-order valence-corrected chi connectivity index (χ2v) is 5.29. The number of ether oxygens (including phenoxy) is 1. The Morgan fingerprint density at radius 3 is 2.79 bits per heavy atom. The normalized spacial score (nSPS) is 10.7. The van der Waals surface area contributed by atoms with Gasteiger partial charge in [-0.3, -0.25) is 0 Å². The highest BCUT2D eigenvalue weighted by Crippen LogP contribution is 2.32. The second-order valence-electron chi connectivity index (χ2n) is 4.34. The van der Waals surface area contributed by atoms with Crippen LogP contribution in [0, 0.1) is 0 Å². The molecule has 0 bridgehead atoms. The fraction of sp³-hybridized carbons (Fsp3) is 0.400. The van der Waals surface area contributed by atoms with Crippen LogP contribution in [0.5, 0.6) is 5.75 Å². The predicted molar refractivity (Wildman–Crippen MR) is 80.6 cm³/mol. The van der Waals surface area contributed by atoms with Crippen LogP contribution in [0.25, 0.3) is 11.3 Å². The van der Waals surface area contributed by atoms with Gasteiger partial charge in [-0.25, -0.2) is 4.98 Å². The van der Waals surface area contributed by atoms with E-state index in [0.717, 1.165) is 34.9 Å². The maximum atomic E-state index is 5.70. The molecule has 3 nitrogen and oxygen atoms in total. The van der Waals surface area contributed by atoms with Crippen molar-refractivity contribution in [3.8, 4) is 17.0 Å². The summed E-state index contributed by atoms with van der Waals surface area (Å²) in [6, 6.07) is 6.36. The van der Waals surface area contributed by atoms with Crippen molar-refractivity contribution in [1.82, 2.24) is 4.98 Å². The lowest BCUT2D eigenvalue weighted by Crippen LogP contribution is -1.97. The summed E-state index contributed by atoms with van der Waals surface area (Å²) in [5.74, 6) is 0.899. The van der Waals surface area contributed by atoms with Crippen molar-refractivity contribution in [3.05, 3.63) is 34.2 Å². The largest absolute Gasteiger partial charge is 0.493 e. The van der Waals surface area contributed by atoms with Crippen LogP contribution >= 0.6 is 11.3 Å². The minimum absolute atomic E-state index is 0.489. The lowest BCUT2D eigenvalue weighted by atomic mass is 10.0. The molecule has 102 valence electrons. The van der Waals surface area contributed by atoms with E-state index < -0.39 is 0 Å². The molecule has 19 heavy (non-hydrogen) atoms. The number of aromatic nitrogens is 1. The first kappa shape index (κ1) is 14.0. The Morgan fingerprint density at radius 2 is 2.16 bits per heavy atom. The van der Waals surface area contributed by atoms with Crippen molar-refractivity contribution < 1.29 is 4.74 Å². The van der Waals surface area contributed by atoms with E-state index in [1.165, 1.54) is 5.56 Å². The number of hydrogen-bond donors (Lipinski definition) is 1. The average Bonchev–Trinajstić information content (AvgIpc) is 2.90. The maximum absolute atomic E-state index is 5.70. The monoisotopic (exact) mass is 276 g/mol. The van der Waals surface area contributed by atoms with E-state index in [1.807, 2.05) is 13.0 Å². The van der Waals surface area contributed by atoms with Crippen LogP contribution in [-0.4, -0.2) is 11.6 Å². The van der Waals surface area contributed by atoms with E-state index in [2.05, 4.69) is 29.4 Å². The van der Waals surface area contributed by atoms with E-state index in [9.17, 15) is 0 Å². The lowest BCUT2D eigenvalue weighted by Gasteiger charge is -2.10. The standard InChI is InChI=1S/C15H20N2OS/c1-3-5-11-6-7-14(18-4-2)12(8-11)13-10-19-15(9-16)17-13/h6-8,10H,3-5,9,16H2,1-2H3. The molecule has 0 radical (unpaired) electrons. The quantitative estimate of drug-likeness (QED) is 0.876. The molecule has 4 heteroatoms. The highest BCUT2D eigenvalue weighted by molar-refractivity contribution is 7.09. The first-order chi connectivity index (χ1) is 9.28. The van der Waals surface area contributed by atoms with E-state index >= 15 is 0 Å². The molecule has 1 heterocycles. The van der Waals surface area contributed by atoms with E-state index in [4.69, 9.17) is 10.5 Å². The van der Waals surface area contributed by atoms with Crippen molar-refractivity contribution >= 4 is 11.3 Å². The maximum Gasteiger partial charge on any atom is 0.128 e. The number of nitrogens with zero attached hydrogens (tertiary/aromatic N) is 1. The zero-order valence-corrected chi connectivity index (χ0v) is 12.3. The third kappa shape index (κ3) is 3.33. The molecule has 0 aliphatic heterocycles. The van der Waals surface area contributed by atoms with Gasteiger partial charge in [-0.2, -0.15) is 0 Å². The summed E-state index contributed by atoms with van der Waals surface area (Å²) in [6.45, 7) is 5.33. The van der Waals surface area contributed by atoms with Gasteiger partial charge in [-0.05, 0) is 31.0 Å². The number of nitrogens with two attached hydrogens (primary N) is 1. The molecule has 2 aromatic rings. The summed E-state index contributed by atoms with van der Waals surface area (Å²) in [4.78, 5) is 4.56. The zero-order valence-electron chi connectivity index (χ0n) is 11.5. The smallest absolute Gasteiger partial charge is 0.128 e. The zero-order chi connectivity index (χ0) is 13.7. The van der Waals surface area contributed by atoms with Gasteiger partial charge < -0.3 is 10.5 Å². The molecule has 0 amide bonds. The molecule has 1 aromatic heterocycles. The summed E-state index contributed by atoms with van der Waals surface area (Å²) < 4.78 is 5.70. The fourth-order valence-corrected chi connectivity index (χ4v) is 2.71. The Labute approximate surface area is 118 Å². The van der Waals surface area contributed by atoms with Crippen LogP contribution in [0.1, 0.15) is 30.8 Å². The van der Waals surface area contributed by atoms with Crippen molar-refractivity contribution in [2.45, 2.75) is 33.2 Å². The summed E-state index contributed by atoms with van der Waals surface area (Å²) in [5, 5.41) is 3.01. The molecule has 0 unspecified atom stereocenters. The van der Waals surface area contributed by atoms with Gasteiger partial charge in [0.15, 0.2) is 0 Å².